The summed E-state index contributed by atoms with van der Waals surface area (Å²) in [5, 5.41) is 11.9. The lowest BCUT2D eigenvalue weighted by atomic mass is 10.2. The zero-order valence-corrected chi connectivity index (χ0v) is 10.4. The van der Waals surface area contributed by atoms with E-state index in [-0.39, 0.29) is 6.61 Å². The topological polar surface area (TPSA) is 41.5 Å². The third-order valence-corrected chi connectivity index (χ3v) is 2.68. The number of hydrogen-bond donors (Lipinski definition) is 2. The van der Waals surface area contributed by atoms with Gasteiger partial charge in [-0.25, -0.2) is 0 Å². The summed E-state index contributed by atoms with van der Waals surface area (Å²) in [5.74, 6) is 0.842. The Morgan fingerprint density at radius 3 is 2.87 bits per heavy atom. The molecule has 0 heterocycles. The van der Waals surface area contributed by atoms with Crippen LogP contribution in [-0.4, -0.2) is 25.4 Å². The molecule has 84 valence electrons. The van der Waals surface area contributed by atoms with E-state index in [1.54, 1.807) is 7.11 Å². The molecule has 2 N–H and O–H groups in total. The highest BCUT2D eigenvalue weighted by atomic mass is 79.9. The van der Waals surface area contributed by atoms with E-state index >= 15 is 0 Å². The molecule has 0 unspecified atom stereocenters. The van der Waals surface area contributed by atoms with Crippen LogP contribution in [0.3, 0.4) is 0 Å². The van der Waals surface area contributed by atoms with Gasteiger partial charge in [0, 0.05) is 13.2 Å². The number of nitrogens with one attached hydrogen (secondary N) is 1. The number of aliphatic hydroxyl groups excluding tert-OH is 1. The Morgan fingerprint density at radius 1 is 1.47 bits per heavy atom. The van der Waals surface area contributed by atoms with E-state index in [9.17, 15) is 0 Å². The minimum Gasteiger partial charge on any atom is -0.496 e. The number of methoxy groups -OCH3 is 1. The number of hydrogen-bond acceptors (Lipinski definition) is 3. The van der Waals surface area contributed by atoms with E-state index in [2.05, 4.69) is 21.2 Å². The van der Waals surface area contributed by atoms with Gasteiger partial charge in [0.1, 0.15) is 5.75 Å². The molecule has 0 radical (unpaired) electrons. The van der Waals surface area contributed by atoms with Gasteiger partial charge in [0.25, 0.3) is 0 Å². The van der Waals surface area contributed by atoms with Gasteiger partial charge in [-0.05, 0) is 46.6 Å². The molecular weight excluding hydrogens is 258 g/mol. The molecule has 0 aliphatic rings. The Morgan fingerprint density at radius 2 is 2.27 bits per heavy atom. The lowest BCUT2D eigenvalue weighted by Crippen LogP contribution is -2.15. The average molecular weight is 274 g/mol. The molecule has 15 heavy (non-hydrogen) atoms. The summed E-state index contributed by atoms with van der Waals surface area (Å²) in [4.78, 5) is 0. The van der Waals surface area contributed by atoms with E-state index < -0.39 is 0 Å². The van der Waals surface area contributed by atoms with Gasteiger partial charge in [0.15, 0.2) is 0 Å². The smallest absolute Gasteiger partial charge is 0.133 e. The SMILES string of the molecule is COc1ccc(CNCCCO)cc1Br. The number of aliphatic hydroxyl groups is 1. The normalized spacial score (nSPS) is 10.3. The van der Waals surface area contributed by atoms with Crippen molar-refractivity contribution in [2.45, 2.75) is 13.0 Å². The van der Waals surface area contributed by atoms with Gasteiger partial charge in [-0.1, -0.05) is 6.07 Å². The molecule has 0 aliphatic heterocycles. The van der Waals surface area contributed by atoms with Crippen molar-refractivity contribution in [1.82, 2.24) is 5.32 Å². The summed E-state index contributed by atoms with van der Waals surface area (Å²) in [7, 11) is 1.65. The van der Waals surface area contributed by atoms with Crippen LogP contribution in [0.4, 0.5) is 0 Å². The zero-order valence-electron chi connectivity index (χ0n) is 8.79. The lowest BCUT2D eigenvalue weighted by molar-refractivity contribution is 0.286. The lowest BCUT2D eigenvalue weighted by Gasteiger charge is -2.07. The second kappa shape index (κ2) is 6.82. The van der Waals surface area contributed by atoms with Crippen molar-refractivity contribution in [3.05, 3.63) is 28.2 Å². The highest BCUT2D eigenvalue weighted by molar-refractivity contribution is 9.10. The zero-order chi connectivity index (χ0) is 11.1. The standard InChI is InChI=1S/C11H16BrNO2/c1-15-11-4-3-9(7-10(11)12)8-13-5-2-6-14/h3-4,7,13-14H,2,5-6,8H2,1H3. The third kappa shape index (κ3) is 4.20. The number of halogens is 1. The summed E-state index contributed by atoms with van der Waals surface area (Å²) < 4.78 is 6.11. The Hall–Kier alpha value is -0.580. The molecular formula is C11H16BrNO2. The Kier molecular flexibility index (Phi) is 5.68. The van der Waals surface area contributed by atoms with Crippen molar-refractivity contribution in [1.29, 1.82) is 0 Å². The molecule has 1 rings (SSSR count). The molecule has 0 atom stereocenters. The van der Waals surface area contributed by atoms with E-state index in [0.29, 0.717) is 0 Å². The van der Waals surface area contributed by atoms with E-state index in [4.69, 9.17) is 9.84 Å². The highest BCUT2D eigenvalue weighted by Gasteiger charge is 2.00. The van der Waals surface area contributed by atoms with Gasteiger partial charge in [-0.2, -0.15) is 0 Å². The maximum Gasteiger partial charge on any atom is 0.133 e. The molecule has 0 bridgehead atoms. The molecule has 0 fully saturated rings. The molecule has 0 aliphatic carbocycles. The maximum absolute atomic E-state index is 8.61. The van der Waals surface area contributed by atoms with Crippen molar-refractivity contribution in [3.63, 3.8) is 0 Å². The van der Waals surface area contributed by atoms with Gasteiger partial charge < -0.3 is 15.2 Å². The average Bonchev–Trinajstić information content (AvgIpc) is 2.25. The predicted octanol–water partition coefficient (Wildman–Crippen LogP) is 1.93. The van der Waals surface area contributed by atoms with Crippen molar-refractivity contribution in [2.24, 2.45) is 0 Å². The first-order valence-electron chi connectivity index (χ1n) is 4.92. The van der Waals surface area contributed by atoms with E-state index in [1.807, 2.05) is 18.2 Å². The predicted molar refractivity (Wildman–Crippen MR) is 64.1 cm³/mol. The number of ether oxygens (including phenoxy) is 1. The molecule has 0 amide bonds. The van der Waals surface area contributed by atoms with Crippen LogP contribution in [0.15, 0.2) is 22.7 Å². The summed E-state index contributed by atoms with van der Waals surface area (Å²) in [6.45, 7) is 1.88. The second-order valence-electron chi connectivity index (χ2n) is 3.22. The van der Waals surface area contributed by atoms with Gasteiger partial charge in [0.05, 0.1) is 11.6 Å². The fraction of sp³-hybridized carbons (Fsp3) is 0.455. The molecule has 0 saturated carbocycles. The minimum atomic E-state index is 0.235. The second-order valence-corrected chi connectivity index (χ2v) is 4.08. The van der Waals surface area contributed by atoms with Crippen LogP contribution in [0.25, 0.3) is 0 Å². The van der Waals surface area contributed by atoms with Gasteiger partial charge >= 0.3 is 0 Å². The molecule has 0 spiro atoms. The molecule has 1 aromatic carbocycles. The first-order chi connectivity index (χ1) is 7.27. The van der Waals surface area contributed by atoms with Crippen molar-refractivity contribution in [2.75, 3.05) is 20.3 Å². The van der Waals surface area contributed by atoms with Crippen molar-refractivity contribution in [3.8, 4) is 5.75 Å². The van der Waals surface area contributed by atoms with Gasteiger partial charge in [0.2, 0.25) is 0 Å². The maximum atomic E-state index is 8.61. The number of benzene rings is 1. The Labute approximate surface area is 98.6 Å². The monoisotopic (exact) mass is 273 g/mol. The summed E-state index contributed by atoms with van der Waals surface area (Å²) in [6.07, 6.45) is 0.789. The first kappa shape index (κ1) is 12.5. The largest absolute Gasteiger partial charge is 0.496 e. The Balaban J connectivity index is 2.45. The fourth-order valence-corrected chi connectivity index (χ4v) is 1.84. The van der Waals surface area contributed by atoms with Gasteiger partial charge in [-0.3, -0.25) is 0 Å². The first-order valence-corrected chi connectivity index (χ1v) is 5.71. The molecule has 1 aromatic rings. The molecule has 0 aromatic heterocycles. The van der Waals surface area contributed by atoms with E-state index in [0.717, 1.165) is 29.7 Å². The third-order valence-electron chi connectivity index (χ3n) is 2.06. The van der Waals surface area contributed by atoms with E-state index in [1.165, 1.54) is 5.56 Å². The Bertz CT molecular complexity index is 305. The summed E-state index contributed by atoms with van der Waals surface area (Å²) >= 11 is 3.44. The fourth-order valence-electron chi connectivity index (χ4n) is 1.26. The van der Waals surface area contributed by atoms with Crippen molar-refractivity contribution >= 4 is 15.9 Å². The molecule has 3 nitrogen and oxygen atoms in total. The molecule has 0 saturated heterocycles. The molecule has 4 heteroatoms. The summed E-state index contributed by atoms with van der Waals surface area (Å²) in [6, 6.07) is 5.99. The highest BCUT2D eigenvalue weighted by Crippen LogP contribution is 2.25. The van der Waals surface area contributed by atoms with Crippen LogP contribution < -0.4 is 10.1 Å². The van der Waals surface area contributed by atoms with Crippen LogP contribution >= 0.6 is 15.9 Å². The number of rotatable bonds is 6. The van der Waals surface area contributed by atoms with Crippen molar-refractivity contribution < 1.29 is 9.84 Å². The van der Waals surface area contributed by atoms with Crippen LogP contribution in [0.2, 0.25) is 0 Å². The van der Waals surface area contributed by atoms with Crippen LogP contribution in [0, 0.1) is 0 Å². The minimum absolute atomic E-state index is 0.235. The van der Waals surface area contributed by atoms with Crippen LogP contribution in [0.5, 0.6) is 5.75 Å². The summed E-state index contributed by atoms with van der Waals surface area (Å²) in [5.41, 5.74) is 1.20. The van der Waals surface area contributed by atoms with Gasteiger partial charge in [-0.15, -0.1) is 0 Å². The quantitative estimate of drug-likeness (QED) is 0.779. The van der Waals surface area contributed by atoms with Crippen LogP contribution in [-0.2, 0) is 6.54 Å². The van der Waals surface area contributed by atoms with Crippen LogP contribution in [0.1, 0.15) is 12.0 Å².